The summed E-state index contributed by atoms with van der Waals surface area (Å²) in [7, 11) is -0.671. The van der Waals surface area contributed by atoms with Gasteiger partial charge >= 0.3 is 0 Å². The van der Waals surface area contributed by atoms with Crippen molar-refractivity contribution in [3.63, 3.8) is 0 Å². The first kappa shape index (κ1) is 19.2. The molecular formula is C20H21NO5S2. The Balaban J connectivity index is 1.63. The topological polar surface area (TPSA) is 65.1 Å². The van der Waals surface area contributed by atoms with Crippen molar-refractivity contribution in [2.75, 3.05) is 33.9 Å². The maximum atomic E-state index is 13.2. The van der Waals surface area contributed by atoms with Crippen LogP contribution in [-0.2, 0) is 14.8 Å². The number of hydrogen-bond acceptors (Lipinski definition) is 6. The largest absolute Gasteiger partial charge is 0.493 e. The van der Waals surface area contributed by atoms with Gasteiger partial charge in [0.05, 0.1) is 31.8 Å². The molecule has 0 unspecified atom stereocenters. The molecule has 6 nitrogen and oxygen atoms in total. The third-order valence-electron chi connectivity index (χ3n) is 4.88. The average Bonchev–Trinajstić information content (AvgIpc) is 3.17. The monoisotopic (exact) mass is 419 g/mol. The van der Waals surface area contributed by atoms with Gasteiger partial charge in [0.15, 0.2) is 11.5 Å². The predicted molar refractivity (Wildman–Crippen MR) is 109 cm³/mol. The standard InChI is InChI=1S/C20H21NO5S2/c1-24-17-8-7-14(11-18(17)25-2)28(22,23)21-9-10-26-19(12-21)16-13-27-20-6-4-3-5-15(16)20/h3-8,11,13,19H,9-10,12H2,1-2H3/t19-/m0/s1. The highest BCUT2D eigenvalue weighted by Gasteiger charge is 2.33. The lowest BCUT2D eigenvalue weighted by molar-refractivity contribution is -0.00154. The van der Waals surface area contributed by atoms with Crippen LogP contribution >= 0.6 is 11.3 Å². The summed E-state index contributed by atoms with van der Waals surface area (Å²) in [5.41, 5.74) is 1.04. The van der Waals surface area contributed by atoms with Crippen molar-refractivity contribution in [1.29, 1.82) is 0 Å². The van der Waals surface area contributed by atoms with Crippen LogP contribution in [-0.4, -0.2) is 46.6 Å². The summed E-state index contributed by atoms with van der Waals surface area (Å²) in [5, 5.41) is 3.17. The SMILES string of the molecule is COc1ccc(S(=O)(=O)N2CCO[C@H](c3csc4ccccc34)C2)cc1OC. The number of thiophene rings is 1. The van der Waals surface area contributed by atoms with Crippen LogP contribution in [0, 0.1) is 0 Å². The molecule has 8 heteroatoms. The zero-order valence-electron chi connectivity index (χ0n) is 15.6. The number of methoxy groups -OCH3 is 2. The molecule has 1 atom stereocenters. The third kappa shape index (κ3) is 3.37. The van der Waals surface area contributed by atoms with Gasteiger partial charge in [0.25, 0.3) is 0 Å². The summed E-state index contributed by atoms with van der Waals surface area (Å²) in [6.45, 7) is 0.939. The summed E-state index contributed by atoms with van der Waals surface area (Å²) in [4.78, 5) is 0.181. The molecule has 0 amide bonds. The first-order valence-corrected chi connectivity index (χ1v) is 11.2. The van der Waals surface area contributed by atoms with Crippen LogP contribution in [0.25, 0.3) is 10.1 Å². The van der Waals surface area contributed by atoms with Crippen molar-refractivity contribution in [2.45, 2.75) is 11.0 Å². The molecular weight excluding hydrogens is 398 g/mol. The minimum absolute atomic E-state index is 0.181. The lowest BCUT2D eigenvalue weighted by atomic mass is 10.1. The van der Waals surface area contributed by atoms with E-state index in [1.54, 1.807) is 23.5 Å². The van der Waals surface area contributed by atoms with Crippen LogP contribution in [0.4, 0.5) is 0 Å². The van der Waals surface area contributed by atoms with Crippen LogP contribution in [0.1, 0.15) is 11.7 Å². The number of sulfonamides is 1. The Morgan fingerprint density at radius 2 is 1.89 bits per heavy atom. The van der Waals surface area contributed by atoms with Gasteiger partial charge in [-0.2, -0.15) is 4.31 Å². The van der Waals surface area contributed by atoms with Gasteiger partial charge in [0.2, 0.25) is 10.0 Å². The Morgan fingerprint density at radius 3 is 2.68 bits per heavy atom. The first-order chi connectivity index (χ1) is 13.5. The van der Waals surface area contributed by atoms with Gasteiger partial charge in [-0.3, -0.25) is 0 Å². The smallest absolute Gasteiger partial charge is 0.243 e. The van der Waals surface area contributed by atoms with Crippen LogP contribution in [0.15, 0.2) is 52.7 Å². The van der Waals surface area contributed by atoms with Crippen molar-refractivity contribution in [1.82, 2.24) is 4.31 Å². The van der Waals surface area contributed by atoms with Gasteiger partial charge in [-0.1, -0.05) is 18.2 Å². The number of ether oxygens (including phenoxy) is 3. The average molecular weight is 420 g/mol. The Morgan fingerprint density at radius 1 is 1.11 bits per heavy atom. The maximum absolute atomic E-state index is 13.2. The molecule has 0 radical (unpaired) electrons. The van der Waals surface area contributed by atoms with E-state index in [1.807, 2.05) is 18.2 Å². The van der Waals surface area contributed by atoms with Gasteiger partial charge in [-0.05, 0) is 29.0 Å². The quantitative estimate of drug-likeness (QED) is 0.631. The fourth-order valence-corrected chi connectivity index (χ4v) is 5.85. The highest BCUT2D eigenvalue weighted by Crippen LogP contribution is 2.36. The molecule has 2 heterocycles. The van der Waals surface area contributed by atoms with E-state index >= 15 is 0 Å². The lowest BCUT2D eigenvalue weighted by Crippen LogP contribution is -2.42. The van der Waals surface area contributed by atoms with E-state index in [2.05, 4.69) is 11.4 Å². The van der Waals surface area contributed by atoms with Gasteiger partial charge < -0.3 is 14.2 Å². The van der Waals surface area contributed by atoms with Crippen LogP contribution < -0.4 is 9.47 Å². The minimum Gasteiger partial charge on any atom is -0.493 e. The van der Waals surface area contributed by atoms with E-state index in [0.29, 0.717) is 24.7 Å². The third-order valence-corrected chi connectivity index (χ3v) is 7.72. The van der Waals surface area contributed by atoms with E-state index in [4.69, 9.17) is 14.2 Å². The van der Waals surface area contributed by atoms with E-state index < -0.39 is 10.0 Å². The second-order valence-electron chi connectivity index (χ2n) is 6.43. The highest BCUT2D eigenvalue weighted by atomic mass is 32.2. The van der Waals surface area contributed by atoms with Gasteiger partial charge in [0, 0.05) is 29.4 Å². The number of morpholine rings is 1. The molecule has 2 aromatic carbocycles. The zero-order valence-corrected chi connectivity index (χ0v) is 17.3. The fourth-order valence-electron chi connectivity index (χ4n) is 3.41. The first-order valence-electron chi connectivity index (χ1n) is 8.84. The second kappa shape index (κ2) is 7.71. The molecule has 4 rings (SSSR count). The van der Waals surface area contributed by atoms with Crippen molar-refractivity contribution in [2.24, 2.45) is 0 Å². The summed E-state index contributed by atoms with van der Waals surface area (Å²) in [6, 6.07) is 12.7. The zero-order chi connectivity index (χ0) is 19.7. The Kier molecular flexibility index (Phi) is 5.29. The van der Waals surface area contributed by atoms with Crippen molar-refractivity contribution >= 4 is 31.4 Å². The normalized spacial score (nSPS) is 18.3. The predicted octanol–water partition coefficient (Wildman–Crippen LogP) is 3.68. The molecule has 1 aliphatic heterocycles. The van der Waals surface area contributed by atoms with Crippen LogP contribution in [0.5, 0.6) is 11.5 Å². The van der Waals surface area contributed by atoms with E-state index in [0.717, 1.165) is 10.9 Å². The van der Waals surface area contributed by atoms with Crippen molar-refractivity contribution in [3.05, 3.63) is 53.4 Å². The molecule has 1 fully saturated rings. The summed E-state index contributed by atoms with van der Waals surface area (Å²) < 4.78 is 45.5. The molecule has 28 heavy (non-hydrogen) atoms. The maximum Gasteiger partial charge on any atom is 0.243 e. The van der Waals surface area contributed by atoms with E-state index in [-0.39, 0.29) is 17.5 Å². The minimum atomic E-state index is -3.68. The Bertz CT molecular complexity index is 1090. The summed E-state index contributed by atoms with van der Waals surface area (Å²) in [6.07, 6.45) is -0.292. The van der Waals surface area contributed by atoms with E-state index in [9.17, 15) is 8.42 Å². The number of hydrogen-bond donors (Lipinski definition) is 0. The van der Waals surface area contributed by atoms with Crippen LogP contribution in [0.3, 0.4) is 0 Å². The molecule has 1 aromatic heterocycles. The number of fused-ring (bicyclic) bond motifs is 1. The Labute approximate surface area is 168 Å². The molecule has 0 spiro atoms. The molecule has 0 N–H and O–H groups in total. The molecule has 0 aliphatic carbocycles. The molecule has 1 saturated heterocycles. The van der Waals surface area contributed by atoms with Crippen molar-refractivity contribution in [3.8, 4) is 11.5 Å². The number of benzene rings is 2. The number of rotatable bonds is 5. The molecule has 148 valence electrons. The fraction of sp³-hybridized carbons (Fsp3) is 0.300. The van der Waals surface area contributed by atoms with Gasteiger partial charge in [0.1, 0.15) is 0 Å². The summed E-state index contributed by atoms with van der Waals surface area (Å²) in [5.74, 6) is 0.878. The van der Waals surface area contributed by atoms with Crippen molar-refractivity contribution < 1.29 is 22.6 Å². The lowest BCUT2D eigenvalue weighted by Gasteiger charge is -2.32. The summed E-state index contributed by atoms with van der Waals surface area (Å²) >= 11 is 1.64. The second-order valence-corrected chi connectivity index (χ2v) is 9.28. The van der Waals surface area contributed by atoms with Gasteiger partial charge in [-0.25, -0.2) is 8.42 Å². The van der Waals surface area contributed by atoms with Gasteiger partial charge in [-0.15, -0.1) is 11.3 Å². The Hall–Kier alpha value is -2.13. The molecule has 1 aliphatic rings. The molecule has 3 aromatic rings. The number of nitrogens with zero attached hydrogens (tertiary/aromatic N) is 1. The molecule has 0 saturated carbocycles. The highest BCUT2D eigenvalue weighted by molar-refractivity contribution is 7.89. The van der Waals surface area contributed by atoms with E-state index in [1.165, 1.54) is 29.3 Å². The molecule has 0 bridgehead atoms. The van der Waals surface area contributed by atoms with Crippen LogP contribution in [0.2, 0.25) is 0 Å².